The number of ether oxygens (including phenoxy) is 2. The van der Waals surface area contributed by atoms with E-state index in [2.05, 4.69) is 15.0 Å². The predicted octanol–water partition coefficient (Wildman–Crippen LogP) is -0.752. The van der Waals surface area contributed by atoms with Gasteiger partial charge in [-0.05, 0) is 51.8 Å². The van der Waals surface area contributed by atoms with Crippen LogP contribution in [-0.2, 0) is 9.53 Å². The van der Waals surface area contributed by atoms with Gasteiger partial charge in [0, 0.05) is 25.3 Å². The van der Waals surface area contributed by atoms with Crippen molar-refractivity contribution in [1.29, 1.82) is 0 Å². The predicted molar refractivity (Wildman–Crippen MR) is 107 cm³/mol. The van der Waals surface area contributed by atoms with Crippen molar-refractivity contribution in [2.75, 3.05) is 24.6 Å². The second-order valence-corrected chi connectivity index (χ2v) is 7.82. The Morgan fingerprint density at radius 2 is 1.97 bits per heavy atom. The zero-order valence-electron chi connectivity index (χ0n) is 18.0. The number of nitrogens with zero attached hydrogens (tertiary/aromatic N) is 4. The molecule has 1 fully saturated rings. The average Bonchev–Trinajstić information content (AvgIpc) is 2.70. The molecule has 2 heterocycles. The minimum atomic E-state index is -1.66. The van der Waals surface area contributed by atoms with Gasteiger partial charge in [0.15, 0.2) is 5.82 Å². The Hall–Kier alpha value is -1.52. The number of piperidine rings is 1. The number of halogens is 2. The third kappa shape index (κ3) is 6.49. The fraction of sp³-hybridized carbons (Fsp3) is 0.500. The Bertz CT molecular complexity index is 926. The van der Waals surface area contributed by atoms with E-state index in [1.807, 2.05) is 11.8 Å². The molecule has 0 amide bonds. The SMILES string of the molecule is CCOC1CCN(c2nc(OC(C)(C)C(=O)[O-])nc(-c3ccc(Cl)c(F)c3)n2)CC1.[Na+]. The molecule has 1 aromatic heterocycles. The van der Waals surface area contributed by atoms with E-state index in [0.29, 0.717) is 31.2 Å². The van der Waals surface area contributed by atoms with Crippen molar-refractivity contribution in [2.24, 2.45) is 0 Å². The molecule has 11 heteroatoms. The van der Waals surface area contributed by atoms with Gasteiger partial charge in [0.2, 0.25) is 5.95 Å². The van der Waals surface area contributed by atoms with E-state index in [0.717, 1.165) is 12.8 Å². The van der Waals surface area contributed by atoms with Gasteiger partial charge in [-0.15, -0.1) is 0 Å². The number of carboxylic acid groups (broad SMARTS) is 1. The summed E-state index contributed by atoms with van der Waals surface area (Å²) in [6.07, 6.45) is 1.77. The van der Waals surface area contributed by atoms with Crippen molar-refractivity contribution in [2.45, 2.75) is 45.3 Å². The number of benzene rings is 1. The standard InChI is InChI=1S/C20H24ClFN4O4.Na/c1-4-29-13-7-9-26(10-8-13)18-23-16(12-5-6-14(21)15(22)11-12)24-19(25-18)30-20(2,3)17(27)28;/h5-6,11,13H,4,7-10H2,1-3H3,(H,27,28);/q;+1/p-1. The molecule has 162 valence electrons. The second kappa shape index (κ2) is 10.9. The first-order valence-electron chi connectivity index (χ1n) is 9.68. The van der Waals surface area contributed by atoms with E-state index in [1.54, 1.807) is 6.07 Å². The fourth-order valence-corrected chi connectivity index (χ4v) is 3.14. The van der Waals surface area contributed by atoms with Crippen LogP contribution in [-0.4, -0.2) is 52.3 Å². The number of aromatic nitrogens is 3. The van der Waals surface area contributed by atoms with Gasteiger partial charge in [0.25, 0.3) is 0 Å². The number of rotatable bonds is 7. The number of carbonyl (C=O) groups is 1. The van der Waals surface area contributed by atoms with Gasteiger partial charge in [-0.25, -0.2) is 4.39 Å². The molecule has 0 aliphatic carbocycles. The Morgan fingerprint density at radius 1 is 1.29 bits per heavy atom. The van der Waals surface area contributed by atoms with Crippen molar-refractivity contribution >= 4 is 23.5 Å². The smallest absolute Gasteiger partial charge is 0.546 e. The zero-order chi connectivity index (χ0) is 21.9. The fourth-order valence-electron chi connectivity index (χ4n) is 3.03. The number of carboxylic acids is 1. The van der Waals surface area contributed by atoms with Crippen LogP contribution in [0.2, 0.25) is 5.02 Å². The number of anilines is 1. The minimum Gasteiger partial charge on any atom is -0.546 e. The average molecular weight is 461 g/mol. The van der Waals surface area contributed by atoms with E-state index in [9.17, 15) is 14.3 Å². The second-order valence-electron chi connectivity index (χ2n) is 7.41. The molecule has 1 saturated heterocycles. The van der Waals surface area contributed by atoms with Gasteiger partial charge in [-0.1, -0.05) is 11.6 Å². The van der Waals surface area contributed by atoms with Crippen LogP contribution in [0.25, 0.3) is 11.4 Å². The Balaban J connectivity index is 0.00000341. The molecule has 31 heavy (non-hydrogen) atoms. The summed E-state index contributed by atoms with van der Waals surface area (Å²) in [7, 11) is 0. The molecule has 0 atom stereocenters. The Kier molecular flexibility index (Phi) is 9.03. The van der Waals surface area contributed by atoms with Crippen LogP contribution >= 0.6 is 11.6 Å². The quantitative estimate of drug-likeness (QED) is 0.497. The minimum absolute atomic E-state index is 0. The van der Waals surface area contributed by atoms with Gasteiger partial charge >= 0.3 is 35.6 Å². The van der Waals surface area contributed by atoms with Crippen LogP contribution in [0, 0.1) is 5.82 Å². The molecule has 0 saturated carbocycles. The van der Waals surface area contributed by atoms with Crippen LogP contribution in [0.1, 0.15) is 33.6 Å². The first-order chi connectivity index (χ1) is 14.2. The summed E-state index contributed by atoms with van der Waals surface area (Å²) in [6.45, 7) is 6.57. The maximum Gasteiger partial charge on any atom is 1.00 e. The van der Waals surface area contributed by atoms with E-state index < -0.39 is 17.4 Å². The molecule has 1 aromatic carbocycles. The van der Waals surface area contributed by atoms with E-state index in [1.165, 1.54) is 26.0 Å². The van der Waals surface area contributed by atoms with E-state index >= 15 is 0 Å². The molecular weight excluding hydrogens is 438 g/mol. The number of hydrogen-bond donors (Lipinski definition) is 0. The summed E-state index contributed by atoms with van der Waals surface area (Å²) in [5, 5.41) is 11.3. The van der Waals surface area contributed by atoms with Crippen molar-refractivity contribution in [3.8, 4) is 17.4 Å². The summed E-state index contributed by atoms with van der Waals surface area (Å²) >= 11 is 5.77. The van der Waals surface area contributed by atoms with Crippen LogP contribution in [0.15, 0.2) is 18.2 Å². The molecule has 1 aliphatic heterocycles. The Labute approximate surface area is 207 Å². The molecule has 0 radical (unpaired) electrons. The topological polar surface area (TPSA) is 100 Å². The monoisotopic (exact) mass is 460 g/mol. The van der Waals surface area contributed by atoms with Crippen molar-refractivity contribution in [1.82, 2.24) is 15.0 Å². The summed E-state index contributed by atoms with van der Waals surface area (Å²) in [4.78, 5) is 26.2. The molecule has 0 N–H and O–H groups in total. The largest absolute Gasteiger partial charge is 1.00 e. The van der Waals surface area contributed by atoms with Crippen LogP contribution in [0.5, 0.6) is 6.01 Å². The molecule has 8 nitrogen and oxygen atoms in total. The maximum atomic E-state index is 14.0. The van der Waals surface area contributed by atoms with Crippen LogP contribution in [0.3, 0.4) is 0 Å². The normalized spacial score (nSPS) is 14.8. The summed E-state index contributed by atoms with van der Waals surface area (Å²) < 4.78 is 25.1. The third-order valence-electron chi connectivity index (χ3n) is 4.75. The molecule has 0 bridgehead atoms. The van der Waals surface area contributed by atoms with Gasteiger partial charge in [-0.2, -0.15) is 15.0 Å². The van der Waals surface area contributed by atoms with Crippen LogP contribution < -0.4 is 44.3 Å². The van der Waals surface area contributed by atoms with Gasteiger partial charge in [-0.3, -0.25) is 0 Å². The zero-order valence-corrected chi connectivity index (χ0v) is 20.8. The molecule has 0 spiro atoms. The van der Waals surface area contributed by atoms with Gasteiger partial charge < -0.3 is 24.3 Å². The van der Waals surface area contributed by atoms with Gasteiger partial charge in [0.05, 0.1) is 17.1 Å². The van der Waals surface area contributed by atoms with Crippen LogP contribution in [0.4, 0.5) is 10.3 Å². The summed E-state index contributed by atoms with van der Waals surface area (Å²) in [5.41, 5.74) is -1.30. The molecule has 2 aromatic rings. The van der Waals surface area contributed by atoms with Crippen molar-refractivity contribution in [3.63, 3.8) is 0 Å². The van der Waals surface area contributed by atoms with Gasteiger partial charge in [0.1, 0.15) is 11.4 Å². The third-order valence-corrected chi connectivity index (χ3v) is 5.05. The molecule has 0 unspecified atom stereocenters. The first-order valence-corrected chi connectivity index (χ1v) is 10.1. The number of aliphatic carboxylic acids is 1. The van der Waals surface area contributed by atoms with E-state index in [-0.39, 0.29) is 52.5 Å². The van der Waals surface area contributed by atoms with Crippen molar-refractivity contribution < 1.29 is 53.3 Å². The Morgan fingerprint density at radius 3 is 2.55 bits per heavy atom. The molecule has 1 aliphatic rings. The first kappa shape index (κ1) is 25.7. The summed E-state index contributed by atoms with van der Waals surface area (Å²) in [5.74, 6) is -1.58. The van der Waals surface area contributed by atoms with E-state index in [4.69, 9.17) is 21.1 Å². The maximum absolute atomic E-state index is 14.0. The molecular formula is C20H23ClFN4NaO4. The number of carbonyl (C=O) groups excluding carboxylic acids is 1. The molecule has 3 rings (SSSR count). The van der Waals surface area contributed by atoms with Crippen molar-refractivity contribution in [3.05, 3.63) is 29.0 Å². The summed E-state index contributed by atoms with van der Waals surface area (Å²) in [6, 6.07) is 3.98. The number of hydrogen-bond acceptors (Lipinski definition) is 8.